The molecule has 2 amide bonds. The van der Waals surface area contributed by atoms with Gasteiger partial charge in [-0.05, 0) is 49.9 Å². The van der Waals surface area contributed by atoms with Crippen LogP contribution in [0, 0.1) is 5.82 Å². The molecular weight excluding hydrogens is 373 g/mol. The van der Waals surface area contributed by atoms with Crippen LogP contribution in [0.15, 0.2) is 36.7 Å². The van der Waals surface area contributed by atoms with Gasteiger partial charge in [0.25, 0.3) is 0 Å². The van der Waals surface area contributed by atoms with Gasteiger partial charge in [-0.2, -0.15) is 10.2 Å². The number of hydrogen-bond acceptors (Lipinski definition) is 4. The molecule has 0 bridgehead atoms. The van der Waals surface area contributed by atoms with Gasteiger partial charge >= 0.3 is 6.03 Å². The number of piperidine rings is 1. The highest BCUT2D eigenvalue weighted by molar-refractivity contribution is 5.91. The van der Waals surface area contributed by atoms with Gasteiger partial charge in [-0.15, -0.1) is 0 Å². The molecular formula is C20H22FN7O. The molecule has 2 N–H and O–H groups in total. The first kappa shape index (κ1) is 17.8. The van der Waals surface area contributed by atoms with Crippen molar-refractivity contribution in [3.8, 4) is 5.69 Å². The molecule has 2 aromatic heterocycles. The van der Waals surface area contributed by atoms with E-state index in [0.29, 0.717) is 30.4 Å². The monoisotopic (exact) mass is 395 g/mol. The number of nitrogens with one attached hydrogen (secondary N) is 2. The SMILES string of the molecule is O=C(Nc1cc(F)ccc1-n1cccn1)N1CCC[C@@H](c2n[nH]c(C3CC3)n2)C1. The van der Waals surface area contributed by atoms with E-state index in [4.69, 9.17) is 0 Å². The molecule has 8 nitrogen and oxygen atoms in total. The molecule has 29 heavy (non-hydrogen) atoms. The maximum atomic E-state index is 13.8. The summed E-state index contributed by atoms with van der Waals surface area (Å²) in [6.45, 7) is 1.19. The average Bonchev–Trinajstić information content (AvgIpc) is 3.23. The fraction of sp³-hybridized carbons (Fsp3) is 0.400. The Bertz CT molecular complexity index is 1010. The molecule has 0 spiro atoms. The summed E-state index contributed by atoms with van der Waals surface area (Å²) in [4.78, 5) is 19.3. The maximum absolute atomic E-state index is 13.8. The minimum atomic E-state index is -0.416. The van der Waals surface area contributed by atoms with Crippen molar-refractivity contribution in [2.24, 2.45) is 0 Å². The Balaban J connectivity index is 1.31. The molecule has 5 rings (SSSR count). The molecule has 0 unspecified atom stereocenters. The summed E-state index contributed by atoms with van der Waals surface area (Å²) in [5.41, 5.74) is 0.996. The Hall–Kier alpha value is -3.23. The lowest BCUT2D eigenvalue weighted by molar-refractivity contribution is 0.191. The molecule has 1 aromatic carbocycles. The molecule has 1 saturated heterocycles. The topological polar surface area (TPSA) is 91.7 Å². The van der Waals surface area contributed by atoms with E-state index >= 15 is 0 Å². The van der Waals surface area contributed by atoms with Gasteiger partial charge in [0.2, 0.25) is 0 Å². The second-order valence-corrected chi connectivity index (χ2v) is 7.68. The minimum absolute atomic E-state index is 0.108. The molecule has 2 aliphatic rings. The number of nitrogens with zero attached hydrogens (tertiary/aromatic N) is 5. The second-order valence-electron chi connectivity index (χ2n) is 7.68. The van der Waals surface area contributed by atoms with Gasteiger partial charge in [-0.25, -0.2) is 18.9 Å². The van der Waals surface area contributed by atoms with Gasteiger partial charge in [0.1, 0.15) is 11.6 Å². The van der Waals surface area contributed by atoms with Crippen LogP contribution >= 0.6 is 0 Å². The van der Waals surface area contributed by atoms with Gasteiger partial charge < -0.3 is 10.2 Å². The Labute approximate surface area is 167 Å². The zero-order chi connectivity index (χ0) is 19.8. The maximum Gasteiger partial charge on any atom is 0.321 e. The smallest absolute Gasteiger partial charge is 0.321 e. The number of amides is 2. The highest BCUT2D eigenvalue weighted by Gasteiger charge is 2.31. The Morgan fingerprint density at radius 1 is 1.24 bits per heavy atom. The third-order valence-electron chi connectivity index (χ3n) is 5.51. The third kappa shape index (κ3) is 3.72. The van der Waals surface area contributed by atoms with Gasteiger partial charge in [-0.3, -0.25) is 5.10 Å². The van der Waals surface area contributed by atoms with E-state index in [1.807, 2.05) is 0 Å². The number of likely N-dealkylation sites (tertiary alicyclic amines) is 1. The van der Waals surface area contributed by atoms with E-state index < -0.39 is 5.82 Å². The molecule has 150 valence electrons. The van der Waals surface area contributed by atoms with Crippen molar-refractivity contribution in [3.63, 3.8) is 0 Å². The first-order chi connectivity index (χ1) is 14.2. The first-order valence-electron chi connectivity index (χ1n) is 9.95. The molecule has 3 aromatic rings. The zero-order valence-electron chi connectivity index (χ0n) is 15.9. The lowest BCUT2D eigenvalue weighted by Crippen LogP contribution is -2.42. The van der Waals surface area contributed by atoms with Crippen molar-refractivity contribution in [3.05, 3.63) is 54.1 Å². The van der Waals surface area contributed by atoms with Gasteiger partial charge in [0, 0.05) is 37.3 Å². The highest BCUT2D eigenvalue weighted by Crippen LogP contribution is 2.38. The van der Waals surface area contributed by atoms with Crippen LogP contribution in [0.4, 0.5) is 14.9 Å². The van der Waals surface area contributed by atoms with E-state index in [0.717, 1.165) is 24.5 Å². The van der Waals surface area contributed by atoms with Crippen molar-refractivity contribution >= 4 is 11.7 Å². The van der Waals surface area contributed by atoms with Gasteiger partial charge in [0.15, 0.2) is 5.82 Å². The fourth-order valence-corrected chi connectivity index (χ4v) is 3.80. The summed E-state index contributed by atoms with van der Waals surface area (Å²) >= 11 is 0. The van der Waals surface area contributed by atoms with E-state index in [-0.39, 0.29) is 11.9 Å². The predicted octanol–water partition coefficient (Wildman–Crippen LogP) is 3.42. The van der Waals surface area contributed by atoms with Crippen LogP contribution in [0.3, 0.4) is 0 Å². The second kappa shape index (κ2) is 7.31. The van der Waals surface area contributed by atoms with Gasteiger partial charge in [-0.1, -0.05) is 0 Å². The van der Waals surface area contributed by atoms with Crippen LogP contribution in [0.2, 0.25) is 0 Å². The number of H-pyrrole nitrogens is 1. The normalized spacial score (nSPS) is 19.3. The third-order valence-corrected chi connectivity index (χ3v) is 5.51. The summed E-state index contributed by atoms with van der Waals surface area (Å²) in [5, 5.41) is 14.5. The fourth-order valence-electron chi connectivity index (χ4n) is 3.80. The summed E-state index contributed by atoms with van der Waals surface area (Å²) in [7, 11) is 0. The van der Waals surface area contributed by atoms with Crippen molar-refractivity contribution in [1.82, 2.24) is 29.9 Å². The molecule has 0 radical (unpaired) electrons. The van der Waals surface area contributed by atoms with Crippen molar-refractivity contribution in [2.45, 2.75) is 37.5 Å². The molecule has 1 saturated carbocycles. The minimum Gasteiger partial charge on any atom is -0.324 e. The Morgan fingerprint density at radius 2 is 2.14 bits per heavy atom. The Kier molecular flexibility index (Phi) is 4.49. The van der Waals surface area contributed by atoms with Crippen LogP contribution < -0.4 is 5.32 Å². The van der Waals surface area contributed by atoms with Crippen LogP contribution in [0.5, 0.6) is 0 Å². The van der Waals surface area contributed by atoms with Crippen LogP contribution in [0.25, 0.3) is 5.69 Å². The summed E-state index contributed by atoms with van der Waals surface area (Å²) in [6, 6.07) is 5.78. The number of benzene rings is 1. The summed E-state index contributed by atoms with van der Waals surface area (Å²) < 4.78 is 15.4. The van der Waals surface area contributed by atoms with Gasteiger partial charge in [0.05, 0.1) is 11.4 Å². The van der Waals surface area contributed by atoms with Crippen LogP contribution in [0.1, 0.15) is 49.2 Å². The first-order valence-corrected chi connectivity index (χ1v) is 9.95. The predicted molar refractivity (Wildman–Crippen MR) is 104 cm³/mol. The Morgan fingerprint density at radius 3 is 2.93 bits per heavy atom. The number of halogens is 1. The number of urea groups is 1. The van der Waals surface area contributed by atoms with Crippen molar-refractivity contribution in [2.75, 3.05) is 18.4 Å². The molecule has 2 fully saturated rings. The number of anilines is 1. The molecule has 1 atom stereocenters. The zero-order valence-corrected chi connectivity index (χ0v) is 15.9. The largest absolute Gasteiger partial charge is 0.324 e. The molecule has 1 aliphatic heterocycles. The lowest BCUT2D eigenvalue weighted by Gasteiger charge is -2.31. The highest BCUT2D eigenvalue weighted by atomic mass is 19.1. The molecule has 9 heteroatoms. The number of aromatic nitrogens is 5. The van der Waals surface area contributed by atoms with Crippen LogP contribution in [-0.4, -0.2) is 49.0 Å². The quantitative estimate of drug-likeness (QED) is 0.708. The van der Waals surface area contributed by atoms with Crippen LogP contribution in [-0.2, 0) is 0 Å². The van der Waals surface area contributed by atoms with E-state index in [1.54, 1.807) is 34.1 Å². The number of aromatic amines is 1. The molecule has 1 aliphatic carbocycles. The van der Waals surface area contributed by atoms with E-state index in [2.05, 4.69) is 25.6 Å². The van der Waals surface area contributed by atoms with Crippen molar-refractivity contribution in [1.29, 1.82) is 0 Å². The number of carbonyl (C=O) groups excluding carboxylic acids is 1. The standard InChI is InChI=1S/C20H22FN7O/c21-15-6-7-17(28-10-2-8-22-28)16(11-15)23-20(29)27-9-1-3-14(12-27)19-24-18(25-26-19)13-4-5-13/h2,6-8,10-11,13-14H,1,3-5,9,12H2,(H,23,29)(H,24,25,26)/t14-/m1/s1. The summed E-state index contributed by atoms with van der Waals surface area (Å²) in [5.74, 6) is 1.96. The van der Waals surface area contributed by atoms with E-state index in [9.17, 15) is 9.18 Å². The lowest BCUT2D eigenvalue weighted by atomic mass is 9.97. The number of carbonyl (C=O) groups is 1. The molecule has 3 heterocycles. The summed E-state index contributed by atoms with van der Waals surface area (Å²) in [6.07, 6.45) is 7.54. The van der Waals surface area contributed by atoms with Crippen molar-refractivity contribution < 1.29 is 9.18 Å². The number of rotatable bonds is 4. The van der Waals surface area contributed by atoms with E-state index in [1.165, 1.54) is 25.0 Å². The number of hydrogen-bond donors (Lipinski definition) is 2. The average molecular weight is 395 g/mol.